The first-order valence-electron chi connectivity index (χ1n) is 12.9. The molecule has 0 saturated carbocycles. The summed E-state index contributed by atoms with van der Waals surface area (Å²) in [4.78, 5) is 30.7. The van der Waals surface area contributed by atoms with Crippen molar-refractivity contribution in [3.05, 3.63) is 95.1 Å². The highest BCUT2D eigenvalue weighted by Gasteiger charge is 2.29. The van der Waals surface area contributed by atoms with Crippen LogP contribution < -0.4 is 9.80 Å². The van der Waals surface area contributed by atoms with Crippen molar-refractivity contribution >= 4 is 23.2 Å². The Bertz CT molecular complexity index is 1230. The molecule has 2 amide bonds. The Morgan fingerprint density at radius 3 is 2.44 bits per heavy atom. The van der Waals surface area contributed by atoms with Crippen molar-refractivity contribution < 1.29 is 9.59 Å². The van der Waals surface area contributed by atoms with Crippen LogP contribution in [0.2, 0.25) is 0 Å². The summed E-state index contributed by atoms with van der Waals surface area (Å²) in [6.07, 6.45) is 5.07. The monoisotopic (exact) mass is 479 g/mol. The molecular weight excluding hydrogens is 446 g/mol. The number of hydrogen-bond acceptors (Lipinski definition) is 3. The van der Waals surface area contributed by atoms with Crippen LogP contribution in [0, 0.1) is 11.3 Å². The van der Waals surface area contributed by atoms with Gasteiger partial charge in [0.25, 0.3) is 0 Å². The van der Waals surface area contributed by atoms with Gasteiger partial charge in [0.05, 0.1) is 29.6 Å². The van der Waals surface area contributed by atoms with Gasteiger partial charge in [-0.1, -0.05) is 67.9 Å². The molecule has 0 fully saturated rings. The van der Waals surface area contributed by atoms with Gasteiger partial charge in [0.2, 0.25) is 11.8 Å². The summed E-state index contributed by atoms with van der Waals surface area (Å²) < 4.78 is 0. The van der Waals surface area contributed by atoms with Crippen LogP contribution in [-0.4, -0.2) is 18.4 Å². The maximum Gasteiger partial charge on any atom is 0.227 e. The summed E-state index contributed by atoms with van der Waals surface area (Å²) in [5, 5.41) is 9.02. The van der Waals surface area contributed by atoms with Crippen LogP contribution in [0.3, 0.4) is 0 Å². The van der Waals surface area contributed by atoms with E-state index in [2.05, 4.69) is 19.1 Å². The minimum atomic E-state index is 0.0634. The standard InChI is InChI=1S/C31H33N3O2/c1-2-3-14-29(35)34(23-26-9-5-4-6-10-26)28-13-7-11-27-12-8-21-33(31(27)28)30(36)20-19-24-15-17-25(22-32)18-16-24/h4-7,9-11,13,15-18H,2-3,8,12,14,19-21,23H2,1H3. The Kier molecular flexibility index (Phi) is 8.52. The maximum absolute atomic E-state index is 13.5. The van der Waals surface area contributed by atoms with Crippen LogP contribution in [0.15, 0.2) is 72.8 Å². The van der Waals surface area contributed by atoms with Crippen LogP contribution >= 0.6 is 0 Å². The summed E-state index contributed by atoms with van der Waals surface area (Å²) in [7, 11) is 0. The molecule has 0 radical (unpaired) electrons. The highest BCUT2D eigenvalue weighted by atomic mass is 16.2. The first-order valence-corrected chi connectivity index (χ1v) is 12.9. The smallest absolute Gasteiger partial charge is 0.227 e. The van der Waals surface area contributed by atoms with Gasteiger partial charge < -0.3 is 9.80 Å². The lowest BCUT2D eigenvalue weighted by molar-refractivity contribution is -0.119. The lowest BCUT2D eigenvalue weighted by Crippen LogP contribution is -2.39. The fourth-order valence-corrected chi connectivity index (χ4v) is 4.77. The lowest BCUT2D eigenvalue weighted by atomic mass is 9.98. The average molecular weight is 480 g/mol. The highest BCUT2D eigenvalue weighted by Crippen LogP contribution is 2.38. The number of nitriles is 1. The minimum Gasteiger partial charge on any atom is -0.310 e. The molecule has 4 rings (SSSR count). The Hall–Kier alpha value is -3.91. The van der Waals surface area contributed by atoms with Gasteiger partial charge in [-0.25, -0.2) is 0 Å². The van der Waals surface area contributed by atoms with Gasteiger partial charge in [-0.05, 0) is 60.6 Å². The zero-order valence-corrected chi connectivity index (χ0v) is 21.0. The Balaban J connectivity index is 1.62. The van der Waals surface area contributed by atoms with Crippen molar-refractivity contribution in [2.24, 2.45) is 0 Å². The van der Waals surface area contributed by atoms with Crippen LogP contribution in [0.1, 0.15) is 61.3 Å². The van der Waals surface area contributed by atoms with Crippen LogP contribution in [0.4, 0.5) is 11.4 Å². The second-order valence-electron chi connectivity index (χ2n) is 9.31. The van der Waals surface area contributed by atoms with Crippen molar-refractivity contribution in [3.8, 4) is 6.07 Å². The minimum absolute atomic E-state index is 0.0634. The van der Waals surface area contributed by atoms with Crippen molar-refractivity contribution in [1.82, 2.24) is 0 Å². The third kappa shape index (κ3) is 6.01. The van der Waals surface area contributed by atoms with E-state index in [0.29, 0.717) is 37.9 Å². The van der Waals surface area contributed by atoms with Gasteiger partial charge in [-0.15, -0.1) is 0 Å². The molecule has 1 aliphatic rings. The number of para-hydroxylation sites is 1. The Morgan fingerprint density at radius 2 is 1.72 bits per heavy atom. The number of anilines is 2. The number of unbranched alkanes of at least 4 members (excludes halogenated alkanes) is 1. The van der Waals surface area contributed by atoms with Crippen molar-refractivity contribution in [2.75, 3.05) is 16.3 Å². The molecular formula is C31H33N3O2. The first-order chi connectivity index (χ1) is 17.6. The van der Waals surface area contributed by atoms with E-state index in [1.165, 1.54) is 0 Å². The molecule has 184 valence electrons. The van der Waals surface area contributed by atoms with Crippen molar-refractivity contribution in [3.63, 3.8) is 0 Å². The molecule has 3 aromatic carbocycles. The van der Waals surface area contributed by atoms with Crippen molar-refractivity contribution in [1.29, 1.82) is 5.26 Å². The number of carbonyl (C=O) groups is 2. The van der Waals surface area contributed by atoms with E-state index in [9.17, 15) is 9.59 Å². The molecule has 0 atom stereocenters. The average Bonchev–Trinajstić information content (AvgIpc) is 2.93. The number of benzene rings is 3. The van der Waals surface area contributed by atoms with E-state index in [-0.39, 0.29) is 11.8 Å². The first kappa shape index (κ1) is 25.2. The van der Waals surface area contributed by atoms with Gasteiger partial charge in [0.15, 0.2) is 0 Å². The Morgan fingerprint density at radius 1 is 0.944 bits per heavy atom. The molecule has 0 aliphatic carbocycles. The van der Waals surface area contributed by atoms with Gasteiger partial charge in [-0.2, -0.15) is 5.26 Å². The number of hydrogen-bond donors (Lipinski definition) is 0. The summed E-state index contributed by atoms with van der Waals surface area (Å²) in [6, 6.07) is 25.6. The second kappa shape index (κ2) is 12.2. The molecule has 0 spiro atoms. The number of nitrogens with zero attached hydrogens (tertiary/aromatic N) is 3. The second-order valence-corrected chi connectivity index (χ2v) is 9.31. The third-order valence-corrected chi connectivity index (χ3v) is 6.73. The van der Waals surface area contributed by atoms with E-state index < -0.39 is 0 Å². The van der Waals surface area contributed by atoms with Gasteiger partial charge in [-0.3, -0.25) is 9.59 Å². The molecule has 1 aliphatic heterocycles. The summed E-state index contributed by atoms with van der Waals surface area (Å²) in [5.74, 6) is 0.151. The highest BCUT2D eigenvalue weighted by molar-refractivity contribution is 6.03. The summed E-state index contributed by atoms with van der Waals surface area (Å²) >= 11 is 0. The van der Waals surface area contributed by atoms with Gasteiger partial charge in [0.1, 0.15) is 0 Å². The molecule has 1 heterocycles. The van der Waals surface area contributed by atoms with E-state index in [4.69, 9.17) is 5.26 Å². The third-order valence-electron chi connectivity index (χ3n) is 6.73. The van der Waals surface area contributed by atoms with E-state index >= 15 is 0 Å². The van der Waals surface area contributed by atoms with Gasteiger partial charge in [0, 0.05) is 19.4 Å². The predicted molar refractivity (Wildman–Crippen MR) is 144 cm³/mol. The van der Waals surface area contributed by atoms with Crippen LogP contribution in [-0.2, 0) is 29.0 Å². The number of carbonyl (C=O) groups excluding carboxylic acids is 2. The topological polar surface area (TPSA) is 64.4 Å². The molecule has 0 bridgehead atoms. The molecule has 5 nitrogen and oxygen atoms in total. The normalized spacial score (nSPS) is 12.5. The fraction of sp³-hybridized carbons (Fsp3) is 0.323. The number of amides is 2. The summed E-state index contributed by atoms with van der Waals surface area (Å²) in [5.41, 5.74) is 5.54. The van der Waals surface area contributed by atoms with E-state index in [1.807, 2.05) is 64.4 Å². The fourth-order valence-electron chi connectivity index (χ4n) is 4.77. The zero-order valence-electron chi connectivity index (χ0n) is 21.0. The molecule has 0 unspecified atom stereocenters. The molecule has 3 aromatic rings. The maximum atomic E-state index is 13.5. The molecule has 0 N–H and O–H groups in total. The molecule has 5 heteroatoms. The quantitative estimate of drug-likeness (QED) is 0.367. The molecule has 0 saturated heterocycles. The molecule has 0 aromatic heterocycles. The van der Waals surface area contributed by atoms with Crippen LogP contribution in [0.5, 0.6) is 0 Å². The summed E-state index contributed by atoms with van der Waals surface area (Å²) in [6.45, 7) is 3.22. The van der Waals surface area contributed by atoms with Crippen molar-refractivity contribution in [2.45, 2.75) is 58.4 Å². The van der Waals surface area contributed by atoms with Crippen LogP contribution in [0.25, 0.3) is 0 Å². The lowest BCUT2D eigenvalue weighted by Gasteiger charge is -2.35. The number of fused-ring (bicyclic) bond motifs is 1. The predicted octanol–water partition coefficient (Wildman–Crippen LogP) is 6.19. The number of aryl methyl sites for hydroxylation is 2. The number of rotatable bonds is 9. The van der Waals surface area contributed by atoms with Gasteiger partial charge >= 0.3 is 0 Å². The largest absolute Gasteiger partial charge is 0.310 e. The SMILES string of the molecule is CCCCC(=O)N(Cc1ccccc1)c1cccc2c1N(C(=O)CCc1ccc(C#N)cc1)CCC2. The van der Waals surface area contributed by atoms with E-state index in [1.54, 1.807) is 12.1 Å². The Labute approximate surface area is 214 Å². The molecule has 36 heavy (non-hydrogen) atoms. The van der Waals surface area contributed by atoms with E-state index in [0.717, 1.165) is 53.7 Å². The zero-order chi connectivity index (χ0) is 25.3.